The van der Waals surface area contributed by atoms with Gasteiger partial charge in [-0.05, 0) is 31.7 Å². The topological polar surface area (TPSA) is 59.3 Å². The Hall–Kier alpha value is -1.48. The molecule has 148 valence electrons. The molecule has 1 aliphatic carbocycles. The third-order valence-corrected chi connectivity index (χ3v) is 6.18. The second-order valence-electron chi connectivity index (χ2n) is 6.89. The summed E-state index contributed by atoms with van der Waals surface area (Å²) in [6.07, 6.45) is 0.653. The van der Waals surface area contributed by atoms with E-state index in [-0.39, 0.29) is 27.8 Å². The number of amides is 1. The lowest BCUT2D eigenvalue weighted by atomic mass is 9.86. The number of fused-ring (bicyclic) bond motifs is 1. The van der Waals surface area contributed by atoms with Gasteiger partial charge in [0.05, 0.1) is 15.8 Å². The van der Waals surface area contributed by atoms with Crippen molar-refractivity contribution in [2.75, 3.05) is 0 Å². The van der Waals surface area contributed by atoms with Crippen molar-refractivity contribution < 1.29 is 18.0 Å². The highest BCUT2D eigenvalue weighted by molar-refractivity contribution is 8.00. The zero-order chi connectivity index (χ0) is 19.8. The van der Waals surface area contributed by atoms with Crippen LogP contribution in [0.5, 0.6) is 0 Å². The number of carbonyl (C=O) groups excluding carboxylic acids is 1. The van der Waals surface area contributed by atoms with Gasteiger partial charge in [-0.1, -0.05) is 43.1 Å². The van der Waals surface area contributed by atoms with Crippen LogP contribution in [0.1, 0.15) is 45.1 Å². The summed E-state index contributed by atoms with van der Waals surface area (Å²) in [5, 5.41) is 10.3. The maximum Gasteiger partial charge on any atom is 0.417 e. The Balaban J connectivity index is 1.77. The SMILES string of the molecule is CC(Sc1nnc2c(Cl)cc(C(F)(F)F)cn12)C(=O)NC1CCCCC1C. The number of rotatable bonds is 4. The normalized spacial score (nSPS) is 22.0. The van der Waals surface area contributed by atoms with Crippen molar-refractivity contribution in [2.24, 2.45) is 5.92 Å². The molecular weight excluding hydrogens is 401 g/mol. The molecule has 1 aliphatic rings. The highest BCUT2D eigenvalue weighted by atomic mass is 35.5. The van der Waals surface area contributed by atoms with Gasteiger partial charge in [0, 0.05) is 12.2 Å². The standard InChI is InChI=1S/C17H20ClF3N4OS/c1-9-5-3-4-6-13(9)22-15(26)10(2)27-16-24-23-14-12(18)7-11(8-25(14)16)17(19,20)21/h7-10,13H,3-6H2,1-2H3,(H,22,26). The van der Waals surface area contributed by atoms with E-state index in [2.05, 4.69) is 22.4 Å². The van der Waals surface area contributed by atoms with Crippen LogP contribution in [-0.2, 0) is 11.0 Å². The van der Waals surface area contributed by atoms with E-state index in [0.717, 1.165) is 43.3 Å². The molecule has 10 heteroatoms. The summed E-state index contributed by atoms with van der Waals surface area (Å²) < 4.78 is 40.3. The molecule has 0 aromatic carbocycles. The minimum Gasteiger partial charge on any atom is -0.352 e. The zero-order valence-corrected chi connectivity index (χ0v) is 16.5. The molecule has 1 fully saturated rings. The molecule has 1 N–H and O–H groups in total. The molecule has 27 heavy (non-hydrogen) atoms. The first-order valence-electron chi connectivity index (χ1n) is 8.75. The number of pyridine rings is 1. The van der Waals surface area contributed by atoms with Gasteiger partial charge in [-0.2, -0.15) is 13.2 Å². The minimum absolute atomic E-state index is 0.126. The number of thioether (sulfide) groups is 1. The van der Waals surface area contributed by atoms with Gasteiger partial charge in [0.2, 0.25) is 5.91 Å². The number of carbonyl (C=O) groups is 1. The lowest BCUT2D eigenvalue weighted by Gasteiger charge is -2.30. The number of nitrogens with zero attached hydrogens (tertiary/aromatic N) is 3. The Bertz CT molecular complexity index is 841. The Labute approximate surface area is 164 Å². The Morgan fingerprint density at radius 2 is 2.07 bits per heavy atom. The van der Waals surface area contributed by atoms with Gasteiger partial charge in [0.1, 0.15) is 0 Å². The average Bonchev–Trinajstić information content (AvgIpc) is 2.99. The molecule has 3 atom stereocenters. The van der Waals surface area contributed by atoms with Crippen LogP contribution in [0.4, 0.5) is 13.2 Å². The molecule has 0 saturated heterocycles. The molecule has 2 heterocycles. The zero-order valence-electron chi connectivity index (χ0n) is 14.9. The van der Waals surface area contributed by atoms with E-state index in [0.29, 0.717) is 5.92 Å². The molecule has 0 spiro atoms. The lowest BCUT2D eigenvalue weighted by molar-refractivity contribution is -0.137. The van der Waals surface area contributed by atoms with Crippen molar-refractivity contribution in [2.45, 2.75) is 62.2 Å². The van der Waals surface area contributed by atoms with E-state index in [1.807, 2.05) is 0 Å². The summed E-state index contributed by atoms with van der Waals surface area (Å²) in [5.74, 6) is 0.260. The van der Waals surface area contributed by atoms with Crippen molar-refractivity contribution in [1.82, 2.24) is 19.9 Å². The maximum absolute atomic E-state index is 13.0. The van der Waals surface area contributed by atoms with Crippen LogP contribution in [0, 0.1) is 5.92 Å². The number of aromatic nitrogens is 3. The molecule has 0 aliphatic heterocycles. The molecule has 2 aromatic heterocycles. The Morgan fingerprint density at radius 1 is 1.37 bits per heavy atom. The lowest BCUT2D eigenvalue weighted by Crippen LogP contribution is -2.44. The van der Waals surface area contributed by atoms with E-state index < -0.39 is 17.0 Å². The fraction of sp³-hybridized carbons (Fsp3) is 0.588. The second kappa shape index (κ2) is 7.87. The fourth-order valence-electron chi connectivity index (χ4n) is 3.21. The number of hydrogen-bond donors (Lipinski definition) is 1. The van der Waals surface area contributed by atoms with Gasteiger partial charge in [0.25, 0.3) is 0 Å². The van der Waals surface area contributed by atoms with Gasteiger partial charge in [-0.3, -0.25) is 9.20 Å². The van der Waals surface area contributed by atoms with E-state index in [1.54, 1.807) is 6.92 Å². The number of nitrogens with one attached hydrogen (secondary N) is 1. The molecular formula is C17H20ClF3N4OS. The number of halogens is 4. The Kier molecular flexibility index (Phi) is 5.90. The van der Waals surface area contributed by atoms with Gasteiger partial charge in [-0.25, -0.2) is 0 Å². The third kappa shape index (κ3) is 4.51. The summed E-state index contributed by atoms with van der Waals surface area (Å²) >= 11 is 6.97. The second-order valence-corrected chi connectivity index (χ2v) is 8.60. The molecule has 3 rings (SSSR count). The van der Waals surface area contributed by atoms with Crippen molar-refractivity contribution in [1.29, 1.82) is 0 Å². The maximum atomic E-state index is 13.0. The highest BCUT2D eigenvalue weighted by Gasteiger charge is 2.33. The molecule has 3 unspecified atom stereocenters. The minimum atomic E-state index is -4.54. The monoisotopic (exact) mass is 420 g/mol. The summed E-state index contributed by atoms with van der Waals surface area (Å²) in [6, 6.07) is 0.955. The van der Waals surface area contributed by atoms with Gasteiger partial charge in [-0.15, -0.1) is 10.2 Å². The van der Waals surface area contributed by atoms with Crippen LogP contribution in [0.25, 0.3) is 5.65 Å². The van der Waals surface area contributed by atoms with Crippen LogP contribution in [-0.4, -0.2) is 31.8 Å². The molecule has 1 saturated carbocycles. The first-order chi connectivity index (χ1) is 12.7. The first-order valence-corrected chi connectivity index (χ1v) is 10.0. The van der Waals surface area contributed by atoms with Crippen molar-refractivity contribution >= 4 is 34.9 Å². The summed E-state index contributed by atoms with van der Waals surface area (Å²) in [4.78, 5) is 12.5. The largest absolute Gasteiger partial charge is 0.417 e. The van der Waals surface area contributed by atoms with Gasteiger partial charge < -0.3 is 5.32 Å². The predicted octanol–water partition coefficient (Wildman–Crippen LogP) is 4.58. The van der Waals surface area contributed by atoms with Crippen LogP contribution in [0.2, 0.25) is 5.02 Å². The fourth-order valence-corrected chi connectivity index (χ4v) is 4.29. The molecule has 2 aromatic rings. The van der Waals surface area contributed by atoms with E-state index in [4.69, 9.17) is 11.6 Å². The summed E-state index contributed by atoms with van der Waals surface area (Å²) in [5.41, 5.74) is -0.768. The van der Waals surface area contributed by atoms with Crippen LogP contribution < -0.4 is 5.32 Å². The number of hydrogen-bond acceptors (Lipinski definition) is 4. The molecule has 0 bridgehead atoms. The summed E-state index contributed by atoms with van der Waals surface area (Å²) in [6.45, 7) is 3.82. The van der Waals surface area contributed by atoms with Crippen LogP contribution in [0.15, 0.2) is 17.4 Å². The first kappa shape index (κ1) is 20.3. The van der Waals surface area contributed by atoms with Crippen molar-refractivity contribution in [3.63, 3.8) is 0 Å². The Morgan fingerprint density at radius 3 is 2.74 bits per heavy atom. The quantitative estimate of drug-likeness (QED) is 0.736. The highest BCUT2D eigenvalue weighted by Crippen LogP contribution is 2.34. The third-order valence-electron chi connectivity index (χ3n) is 4.85. The van der Waals surface area contributed by atoms with Crippen molar-refractivity contribution in [3.8, 4) is 0 Å². The van der Waals surface area contributed by atoms with Crippen LogP contribution in [0.3, 0.4) is 0 Å². The average molecular weight is 421 g/mol. The smallest absolute Gasteiger partial charge is 0.352 e. The van der Waals surface area contributed by atoms with Gasteiger partial charge >= 0.3 is 6.18 Å². The molecule has 5 nitrogen and oxygen atoms in total. The van der Waals surface area contributed by atoms with Gasteiger partial charge in [0.15, 0.2) is 10.8 Å². The molecule has 1 amide bonds. The summed E-state index contributed by atoms with van der Waals surface area (Å²) in [7, 11) is 0. The van der Waals surface area contributed by atoms with Crippen LogP contribution >= 0.6 is 23.4 Å². The predicted molar refractivity (Wildman–Crippen MR) is 97.9 cm³/mol. The van der Waals surface area contributed by atoms with E-state index in [1.165, 1.54) is 10.8 Å². The van der Waals surface area contributed by atoms with E-state index >= 15 is 0 Å². The van der Waals surface area contributed by atoms with E-state index in [9.17, 15) is 18.0 Å². The number of alkyl halides is 3. The van der Waals surface area contributed by atoms with Crippen molar-refractivity contribution in [3.05, 3.63) is 22.8 Å². The molecule has 0 radical (unpaired) electrons.